The number of hydrogen-bond acceptors (Lipinski definition) is 2. The molecule has 0 amide bonds. The highest BCUT2D eigenvalue weighted by atomic mass is 32.2. The Balaban J connectivity index is 1.73. The summed E-state index contributed by atoms with van der Waals surface area (Å²) in [6, 6.07) is 28.8. The van der Waals surface area contributed by atoms with Gasteiger partial charge in [-0.15, -0.1) is 0 Å². The molecule has 0 saturated heterocycles. The Bertz CT molecular complexity index is 792. The van der Waals surface area contributed by atoms with Crippen molar-refractivity contribution < 1.29 is 0 Å². The van der Waals surface area contributed by atoms with Crippen LogP contribution in [0.2, 0.25) is 0 Å². The van der Waals surface area contributed by atoms with E-state index in [2.05, 4.69) is 53.5 Å². The fraction of sp³-hybridized carbons (Fsp3) is 0. The number of aliphatic imine (C=N–C) groups is 1. The zero-order chi connectivity index (χ0) is 15.7. The molecule has 0 spiro atoms. The average Bonchev–Trinajstić information content (AvgIpc) is 2.62. The van der Waals surface area contributed by atoms with Crippen molar-refractivity contribution in [1.82, 2.24) is 0 Å². The Kier molecular flexibility index (Phi) is 5.43. The third kappa shape index (κ3) is 4.70. The molecule has 2 heteroatoms. The second kappa shape index (κ2) is 8.16. The standard InChI is InChI=1S/C21H17NS/c1-3-10-18(11-4-1)12-9-17-22-20-15-7-8-16-21(20)23-19-13-5-2-6-14-19/h1-17H/b12-9+,22-17?. The molecule has 0 aliphatic rings. The van der Waals surface area contributed by atoms with Crippen LogP contribution < -0.4 is 0 Å². The normalized spacial score (nSPS) is 11.3. The summed E-state index contributed by atoms with van der Waals surface area (Å²) in [6.45, 7) is 0. The van der Waals surface area contributed by atoms with Crippen molar-refractivity contribution >= 4 is 29.7 Å². The molecule has 0 unspecified atom stereocenters. The van der Waals surface area contributed by atoms with E-state index in [-0.39, 0.29) is 0 Å². The third-order valence-electron chi connectivity index (χ3n) is 3.22. The van der Waals surface area contributed by atoms with Crippen LogP contribution in [0.1, 0.15) is 5.56 Å². The molecule has 112 valence electrons. The number of benzene rings is 3. The van der Waals surface area contributed by atoms with Crippen LogP contribution in [0, 0.1) is 0 Å². The van der Waals surface area contributed by atoms with Crippen LogP contribution in [0.4, 0.5) is 5.69 Å². The molecule has 3 rings (SSSR count). The highest BCUT2D eigenvalue weighted by molar-refractivity contribution is 7.99. The molecular weight excluding hydrogens is 298 g/mol. The van der Waals surface area contributed by atoms with E-state index < -0.39 is 0 Å². The van der Waals surface area contributed by atoms with Crippen LogP contribution in [0.25, 0.3) is 6.08 Å². The average molecular weight is 315 g/mol. The van der Waals surface area contributed by atoms with Gasteiger partial charge in [0.15, 0.2) is 0 Å². The summed E-state index contributed by atoms with van der Waals surface area (Å²) in [7, 11) is 0. The molecule has 0 atom stereocenters. The predicted molar refractivity (Wildman–Crippen MR) is 101 cm³/mol. The molecule has 3 aromatic carbocycles. The summed E-state index contributed by atoms with van der Waals surface area (Å²) in [5.41, 5.74) is 2.16. The molecule has 0 saturated carbocycles. The van der Waals surface area contributed by atoms with Gasteiger partial charge in [-0.25, -0.2) is 0 Å². The number of allylic oxidation sites excluding steroid dienone is 1. The molecule has 0 aromatic heterocycles. The Morgan fingerprint density at radius 2 is 1.35 bits per heavy atom. The van der Waals surface area contributed by atoms with E-state index in [1.54, 1.807) is 11.8 Å². The van der Waals surface area contributed by atoms with Crippen molar-refractivity contribution in [2.45, 2.75) is 9.79 Å². The monoisotopic (exact) mass is 315 g/mol. The van der Waals surface area contributed by atoms with Crippen LogP contribution in [0.3, 0.4) is 0 Å². The largest absolute Gasteiger partial charge is 0.256 e. The lowest BCUT2D eigenvalue weighted by atomic mass is 10.2. The van der Waals surface area contributed by atoms with Gasteiger partial charge in [-0.1, -0.05) is 78.5 Å². The molecule has 0 fully saturated rings. The summed E-state index contributed by atoms with van der Waals surface area (Å²) in [6.07, 6.45) is 5.87. The van der Waals surface area contributed by atoms with Crippen LogP contribution >= 0.6 is 11.8 Å². The van der Waals surface area contributed by atoms with Crippen LogP contribution in [-0.2, 0) is 0 Å². The fourth-order valence-electron chi connectivity index (χ4n) is 2.11. The molecule has 0 N–H and O–H groups in total. The first-order valence-corrected chi connectivity index (χ1v) is 8.31. The van der Waals surface area contributed by atoms with Gasteiger partial charge in [0.05, 0.1) is 5.69 Å². The summed E-state index contributed by atoms with van der Waals surface area (Å²) >= 11 is 1.73. The number of rotatable bonds is 5. The molecule has 23 heavy (non-hydrogen) atoms. The lowest BCUT2D eigenvalue weighted by Crippen LogP contribution is -1.76. The Labute approximate surface area is 141 Å². The first kappa shape index (κ1) is 15.3. The van der Waals surface area contributed by atoms with Gasteiger partial charge in [0, 0.05) is 16.0 Å². The van der Waals surface area contributed by atoms with Gasteiger partial charge < -0.3 is 0 Å². The quantitative estimate of drug-likeness (QED) is 0.507. The van der Waals surface area contributed by atoms with Gasteiger partial charge in [0.25, 0.3) is 0 Å². The topological polar surface area (TPSA) is 12.4 Å². The lowest BCUT2D eigenvalue weighted by Gasteiger charge is -2.04. The zero-order valence-corrected chi connectivity index (χ0v) is 13.5. The van der Waals surface area contributed by atoms with E-state index in [1.807, 2.05) is 54.8 Å². The third-order valence-corrected chi connectivity index (χ3v) is 4.30. The molecule has 0 aliphatic heterocycles. The van der Waals surface area contributed by atoms with Gasteiger partial charge in [-0.2, -0.15) is 0 Å². The van der Waals surface area contributed by atoms with Crippen molar-refractivity contribution in [2.24, 2.45) is 4.99 Å². The van der Waals surface area contributed by atoms with Crippen molar-refractivity contribution in [3.8, 4) is 0 Å². The SMILES string of the molecule is C(/C=C/c1ccccc1)=Nc1ccccc1Sc1ccccc1. The van der Waals surface area contributed by atoms with E-state index in [0.29, 0.717) is 0 Å². The van der Waals surface area contributed by atoms with Crippen LogP contribution in [0.5, 0.6) is 0 Å². The molecule has 3 aromatic rings. The van der Waals surface area contributed by atoms with Gasteiger partial charge in [0.1, 0.15) is 0 Å². The maximum Gasteiger partial charge on any atom is 0.0768 e. The van der Waals surface area contributed by atoms with Crippen molar-refractivity contribution in [3.05, 3.63) is 96.6 Å². The molecule has 1 nitrogen and oxygen atoms in total. The predicted octanol–water partition coefficient (Wildman–Crippen LogP) is 6.25. The smallest absolute Gasteiger partial charge is 0.0768 e. The van der Waals surface area contributed by atoms with Crippen LogP contribution in [-0.4, -0.2) is 6.21 Å². The first-order valence-electron chi connectivity index (χ1n) is 7.49. The van der Waals surface area contributed by atoms with Crippen LogP contribution in [0.15, 0.2) is 106 Å². The van der Waals surface area contributed by atoms with Gasteiger partial charge in [-0.3, -0.25) is 4.99 Å². The molecule has 0 aliphatic carbocycles. The number of nitrogens with zero attached hydrogens (tertiary/aromatic N) is 1. The number of hydrogen-bond donors (Lipinski definition) is 0. The van der Waals surface area contributed by atoms with Gasteiger partial charge in [0.2, 0.25) is 0 Å². The Morgan fingerprint density at radius 3 is 2.13 bits per heavy atom. The fourth-order valence-corrected chi connectivity index (χ4v) is 3.03. The second-order valence-electron chi connectivity index (χ2n) is 4.93. The summed E-state index contributed by atoms with van der Waals surface area (Å²) in [4.78, 5) is 6.96. The first-order chi connectivity index (χ1) is 11.4. The highest BCUT2D eigenvalue weighted by Crippen LogP contribution is 2.34. The van der Waals surface area contributed by atoms with E-state index in [4.69, 9.17) is 0 Å². The lowest BCUT2D eigenvalue weighted by molar-refractivity contribution is 1.36. The second-order valence-corrected chi connectivity index (χ2v) is 6.05. The molecule has 0 heterocycles. The summed E-state index contributed by atoms with van der Waals surface area (Å²) in [5, 5.41) is 0. The molecule has 0 radical (unpaired) electrons. The van der Waals surface area contributed by atoms with E-state index >= 15 is 0 Å². The Hall–Kier alpha value is -2.58. The van der Waals surface area contributed by atoms with E-state index in [9.17, 15) is 0 Å². The minimum absolute atomic E-state index is 0.985. The molecule has 0 bridgehead atoms. The Morgan fingerprint density at radius 1 is 0.696 bits per heavy atom. The van der Waals surface area contributed by atoms with Gasteiger partial charge in [-0.05, 0) is 35.9 Å². The maximum atomic E-state index is 4.58. The summed E-state index contributed by atoms with van der Waals surface area (Å²) in [5.74, 6) is 0. The zero-order valence-electron chi connectivity index (χ0n) is 12.7. The van der Waals surface area contributed by atoms with Crippen molar-refractivity contribution in [1.29, 1.82) is 0 Å². The molecular formula is C21H17NS. The minimum atomic E-state index is 0.985. The van der Waals surface area contributed by atoms with Crippen molar-refractivity contribution in [2.75, 3.05) is 0 Å². The van der Waals surface area contributed by atoms with E-state index in [1.165, 1.54) is 10.5 Å². The number of para-hydroxylation sites is 1. The maximum absolute atomic E-state index is 4.58. The highest BCUT2D eigenvalue weighted by Gasteiger charge is 2.01. The van der Waals surface area contributed by atoms with E-state index in [0.717, 1.165) is 10.6 Å². The summed E-state index contributed by atoms with van der Waals surface area (Å²) < 4.78 is 0. The van der Waals surface area contributed by atoms with Gasteiger partial charge >= 0.3 is 0 Å². The minimum Gasteiger partial charge on any atom is -0.256 e. The van der Waals surface area contributed by atoms with Crippen molar-refractivity contribution in [3.63, 3.8) is 0 Å².